The Kier molecular flexibility index (Phi) is 8.77. The van der Waals surface area contributed by atoms with Gasteiger partial charge in [-0.15, -0.1) is 11.8 Å². The lowest BCUT2D eigenvalue weighted by Gasteiger charge is -2.30. The lowest BCUT2D eigenvalue weighted by atomic mass is 10.0. The second kappa shape index (κ2) is 12.0. The third-order valence-corrected chi connectivity index (χ3v) is 7.07. The van der Waals surface area contributed by atoms with Crippen LogP contribution in [0.25, 0.3) is 10.9 Å². The predicted octanol–water partition coefficient (Wildman–Crippen LogP) is 6.20. The average Bonchev–Trinajstić information content (AvgIpc) is 3.20. The van der Waals surface area contributed by atoms with E-state index in [1.807, 2.05) is 18.4 Å². The topological polar surface area (TPSA) is 41.5 Å². The summed E-state index contributed by atoms with van der Waals surface area (Å²) >= 11 is 1.50. The first-order chi connectivity index (χ1) is 17.8. The smallest absolute Gasteiger partial charge is 0.406 e. The molecule has 1 aliphatic rings. The van der Waals surface area contributed by atoms with Gasteiger partial charge in [0, 0.05) is 22.0 Å². The Morgan fingerprint density at radius 3 is 2.59 bits per heavy atom. The van der Waals surface area contributed by atoms with Crippen LogP contribution in [0.5, 0.6) is 5.75 Å². The van der Waals surface area contributed by atoms with E-state index < -0.39 is 19.6 Å². The number of piperidine rings is 1. The lowest BCUT2D eigenvalue weighted by molar-refractivity contribution is -0.140. The van der Waals surface area contributed by atoms with Crippen molar-refractivity contribution < 1.29 is 22.3 Å². The first-order valence-corrected chi connectivity index (χ1v) is 13.2. The fourth-order valence-corrected chi connectivity index (χ4v) is 4.89. The number of fused-ring (bicyclic) bond motifs is 1. The summed E-state index contributed by atoms with van der Waals surface area (Å²) in [5.41, 5.74) is 2.14. The molecule has 3 aromatic rings. The number of benzene rings is 2. The van der Waals surface area contributed by atoms with Gasteiger partial charge in [-0.1, -0.05) is 12.0 Å². The minimum Gasteiger partial charge on any atom is -0.461 e. The molecule has 10 heteroatoms. The van der Waals surface area contributed by atoms with Crippen LogP contribution in [0.1, 0.15) is 18.5 Å². The molecule has 0 saturated carbocycles. The van der Waals surface area contributed by atoms with Gasteiger partial charge >= 0.3 is 6.18 Å². The first kappa shape index (κ1) is 27.0. The molecule has 0 radical (unpaired) electrons. The molecule has 37 heavy (non-hydrogen) atoms. The van der Waals surface area contributed by atoms with Crippen LogP contribution in [0.15, 0.2) is 47.4 Å². The Morgan fingerprint density at radius 1 is 1.11 bits per heavy atom. The van der Waals surface area contributed by atoms with Gasteiger partial charge in [-0.05, 0) is 81.6 Å². The van der Waals surface area contributed by atoms with Crippen molar-refractivity contribution in [3.05, 3.63) is 48.2 Å². The van der Waals surface area contributed by atoms with Crippen LogP contribution in [0.4, 0.5) is 28.9 Å². The maximum atomic E-state index is 13.5. The molecule has 0 amide bonds. The van der Waals surface area contributed by atoms with Crippen LogP contribution in [-0.4, -0.2) is 61.5 Å². The fourth-order valence-electron chi connectivity index (χ4n) is 4.46. The number of thioether (sulfide) groups is 1. The number of likely N-dealkylation sites (tertiary alicyclic amines) is 1. The van der Waals surface area contributed by atoms with Gasteiger partial charge in [0.2, 0.25) is 6.86 Å². The van der Waals surface area contributed by atoms with Crippen molar-refractivity contribution in [3.63, 3.8) is 0 Å². The molecule has 1 saturated heterocycles. The van der Waals surface area contributed by atoms with E-state index in [1.165, 1.54) is 16.3 Å². The Labute approximate surface area is 218 Å². The largest absolute Gasteiger partial charge is 0.461 e. The van der Waals surface area contributed by atoms with Gasteiger partial charge in [0.1, 0.15) is 12.3 Å². The Balaban J connectivity index is 1.58. The summed E-state index contributed by atoms with van der Waals surface area (Å²) in [5.74, 6) is 6.17. The van der Waals surface area contributed by atoms with Gasteiger partial charge in [0.15, 0.2) is 0 Å². The van der Waals surface area contributed by atoms with Gasteiger partial charge in [-0.2, -0.15) is 13.2 Å². The van der Waals surface area contributed by atoms with Crippen LogP contribution < -0.4 is 15.4 Å². The zero-order valence-corrected chi connectivity index (χ0v) is 21.6. The lowest BCUT2D eigenvalue weighted by Crippen LogP contribution is -2.36. The van der Waals surface area contributed by atoms with Crippen molar-refractivity contribution >= 4 is 34.0 Å². The molecule has 0 atom stereocenters. The van der Waals surface area contributed by atoms with Crippen molar-refractivity contribution in [2.45, 2.75) is 36.5 Å². The molecule has 198 valence electrons. The SMILES string of the molecule is CSc1ccc(NCC#Cc2cc3c(NC4CCN(C)CC4)cccc3n2CC(F)(F)F)c(OCF)c1. The Bertz CT molecular complexity index is 1270. The number of nitrogens with one attached hydrogen (secondary N) is 2. The quantitative estimate of drug-likeness (QED) is 0.205. The molecule has 1 aliphatic heterocycles. The molecule has 2 N–H and O–H groups in total. The van der Waals surface area contributed by atoms with E-state index in [0.29, 0.717) is 22.3 Å². The molecule has 1 fully saturated rings. The molecular formula is C27H30F4N4OS. The molecule has 0 aliphatic carbocycles. The van der Waals surface area contributed by atoms with Crippen LogP contribution in [0, 0.1) is 11.8 Å². The van der Waals surface area contributed by atoms with Gasteiger partial charge in [0.05, 0.1) is 23.4 Å². The third-order valence-electron chi connectivity index (χ3n) is 6.34. The monoisotopic (exact) mass is 534 g/mol. The molecule has 5 nitrogen and oxygen atoms in total. The number of hydrogen-bond acceptors (Lipinski definition) is 5. The molecule has 0 unspecified atom stereocenters. The van der Waals surface area contributed by atoms with Gasteiger partial charge in [-0.3, -0.25) is 0 Å². The van der Waals surface area contributed by atoms with E-state index in [1.54, 1.807) is 30.3 Å². The minimum atomic E-state index is -4.39. The highest BCUT2D eigenvalue weighted by molar-refractivity contribution is 7.98. The normalized spacial score (nSPS) is 14.9. The number of aromatic nitrogens is 1. The summed E-state index contributed by atoms with van der Waals surface area (Å²) in [6.45, 7) is 0.00448. The van der Waals surface area contributed by atoms with Crippen LogP contribution >= 0.6 is 11.8 Å². The molecular weight excluding hydrogens is 504 g/mol. The highest BCUT2D eigenvalue weighted by Crippen LogP contribution is 2.32. The summed E-state index contributed by atoms with van der Waals surface area (Å²) in [6.07, 6.45) is -0.543. The average molecular weight is 535 g/mol. The van der Waals surface area contributed by atoms with Gasteiger partial charge in [0.25, 0.3) is 0 Å². The van der Waals surface area contributed by atoms with E-state index >= 15 is 0 Å². The molecule has 4 rings (SSSR count). The highest BCUT2D eigenvalue weighted by atomic mass is 32.2. The number of anilines is 2. The minimum absolute atomic E-state index is 0.148. The van der Waals surface area contributed by atoms with Crippen LogP contribution in [0.2, 0.25) is 0 Å². The number of rotatable bonds is 8. The van der Waals surface area contributed by atoms with Crippen LogP contribution in [-0.2, 0) is 6.54 Å². The molecule has 2 aromatic carbocycles. The van der Waals surface area contributed by atoms with Crippen molar-refractivity contribution in [2.24, 2.45) is 0 Å². The zero-order valence-electron chi connectivity index (χ0n) is 20.8. The van der Waals surface area contributed by atoms with Crippen molar-refractivity contribution in [1.29, 1.82) is 0 Å². The number of hydrogen-bond donors (Lipinski definition) is 2. The van der Waals surface area contributed by atoms with E-state index in [2.05, 4.69) is 34.4 Å². The van der Waals surface area contributed by atoms with Crippen LogP contribution in [0.3, 0.4) is 0 Å². The molecule has 0 spiro atoms. The Hall–Kier alpha value is -3.03. The van der Waals surface area contributed by atoms with E-state index in [0.717, 1.165) is 36.5 Å². The first-order valence-electron chi connectivity index (χ1n) is 12.0. The maximum absolute atomic E-state index is 13.5. The van der Waals surface area contributed by atoms with Gasteiger partial charge < -0.3 is 24.8 Å². The maximum Gasteiger partial charge on any atom is 0.406 e. The summed E-state index contributed by atoms with van der Waals surface area (Å²) in [6, 6.07) is 12.7. The zero-order chi connectivity index (χ0) is 26.4. The standard InChI is InChI=1S/C27H30F4N4OS/c1-34-13-10-19(11-14-34)33-23-6-3-7-25-22(23)15-20(35(25)17-27(29,30)31)5-4-12-32-24-9-8-21(37-2)16-26(24)36-18-28/h3,6-9,15-16,19,32-33H,10-14,17-18H2,1-2H3. The predicted molar refractivity (Wildman–Crippen MR) is 142 cm³/mol. The summed E-state index contributed by atoms with van der Waals surface area (Å²) in [4.78, 5) is 3.19. The second-order valence-electron chi connectivity index (χ2n) is 8.96. The molecule has 0 bridgehead atoms. The van der Waals surface area contributed by atoms with E-state index in [9.17, 15) is 17.6 Å². The third kappa shape index (κ3) is 7.05. The van der Waals surface area contributed by atoms with Gasteiger partial charge in [-0.25, -0.2) is 4.39 Å². The number of ether oxygens (including phenoxy) is 1. The second-order valence-corrected chi connectivity index (χ2v) is 9.84. The van der Waals surface area contributed by atoms with E-state index in [4.69, 9.17) is 4.74 Å². The van der Waals surface area contributed by atoms with Crippen molar-refractivity contribution in [1.82, 2.24) is 9.47 Å². The van der Waals surface area contributed by atoms with Crippen molar-refractivity contribution in [2.75, 3.05) is 50.4 Å². The summed E-state index contributed by atoms with van der Waals surface area (Å²) in [5, 5.41) is 7.32. The molecule has 1 aromatic heterocycles. The number of halogens is 4. The highest BCUT2D eigenvalue weighted by Gasteiger charge is 2.30. The van der Waals surface area contributed by atoms with Crippen molar-refractivity contribution in [3.8, 4) is 17.6 Å². The van der Waals surface area contributed by atoms with E-state index in [-0.39, 0.29) is 18.3 Å². The summed E-state index contributed by atoms with van der Waals surface area (Å²) in [7, 11) is 2.09. The summed E-state index contributed by atoms with van der Waals surface area (Å²) < 4.78 is 59.5. The number of alkyl halides is 4. The fraction of sp³-hybridized carbons (Fsp3) is 0.407. The Morgan fingerprint density at radius 2 is 1.89 bits per heavy atom. The molecule has 2 heterocycles. The number of nitrogens with zero attached hydrogens (tertiary/aromatic N) is 2.